The lowest BCUT2D eigenvalue weighted by atomic mass is 9.79. The van der Waals surface area contributed by atoms with Crippen LogP contribution in [0.4, 0.5) is 0 Å². The van der Waals surface area contributed by atoms with Crippen LogP contribution < -0.4 is 13.6 Å². The van der Waals surface area contributed by atoms with E-state index in [1.54, 1.807) is 0 Å². The Bertz CT molecular complexity index is 2290. The summed E-state index contributed by atoms with van der Waals surface area (Å²) in [6.45, 7) is 31.5. The lowest BCUT2D eigenvalue weighted by Gasteiger charge is -2.45. The molecule has 0 N–H and O–H groups in total. The van der Waals surface area contributed by atoms with Crippen molar-refractivity contribution in [3.63, 3.8) is 0 Å². The third-order valence-electron chi connectivity index (χ3n) is 13.7. The lowest BCUT2D eigenvalue weighted by Crippen LogP contribution is -2.39. The largest absolute Gasteiger partial charge is 0.647 e. The number of hydrogen-bond acceptors (Lipinski definition) is 4. The Morgan fingerprint density at radius 3 is 0.649 bits per heavy atom. The van der Waals surface area contributed by atoms with Crippen LogP contribution in [0, 0.1) is 53.3 Å². The van der Waals surface area contributed by atoms with E-state index in [4.69, 9.17) is 13.6 Å². The van der Waals surface area contributed by atoms with E-state index in [1.807, 2.05) is 39.0 Å². The summed E-state index contributed by atoms with van der Waals surface area (Å²) in [6, 6.07) is 12.2. The highest BCUT2D eigenvalue weighted by Gasteiger charge is 2.57. The third-order valence-corrected chi connectivity index (χ3v) is 41.2. The van der Waals surface area contributed by atoms with Gasteiger partial charge in [0.05, 0.1) is 0 Å². The fraction of sp³-hybridized carbons (Fsp3) is 0.647. The zero-order valence-electron chi connectivity index (χ0n) is 43.6. The quantitative estimate of drug-likeness (QED) is 0.0662. The molecule has 0 aliphatic carbocycles. The monoisotopic (exact) mass is 2190 g/mol. The van der Waals surface area contributed by atoms with Crippen LogP contribution in [-0.4, -0.2) is 32.0 Å². The number of benzene rings is 3. The van der Waals surface area contributed by atoms with Crippen LogP contribution in [0.1, 0.15) is 133 Å². The number of alkyl halides is 18. The minimum atomic E-state index is -5.08. The Kier molecular flexibility index (Phi) is 26.4. The predicted molar refractivity (Wildman–Crippen MR) is 386 cm³/mol. The molecule has 0 fully saturated rings. The van der Waals surface area contributed by atoms with Gasteiger partial charge in [-0.1, -0.05) is 406 Å². The maximum atomic E-state index is 17.5. The van der Waals surface area contributed by atoms with E-state index in [1.165, 1.54) is 0 Å². The van der Waals surface area contributed by atoms with E-state index in [-0.39, 0.29) is 17.2 Å². The van der Waals surface area contributed by atoms with Crippen LogP contribution in [0.5, 0.6) is 17.2 Å². The summed E-state index contributed by atoms with van der Waals surface area (Å²) in [5.74, 6) is 0.858. The molecule has 0 aromatic heterocycles. The zero-order chi connectivity index (χ0) is 58.0. The molecule has 422 valence electrons. The minimum Gasteiger partial charge on any atom is -0.385 e. The van der Waals surface area contributed by atoms with E-state index in [0.717, 1.165) is 16.7 Å². The Hall–Kier alpha value is 5.93. The molecule has 0 spiro atoms. The molecule has 0 unspecified atom stereocenters. The molecule has 0 aliphatic heterocycles. The molecular weight excluding hydrogens is 2150 g/mol. The molecule has 3 rings (SSSR count). The van der Waals surface area contributed by atoms with Crippen molar-refractivity contribution in [1.82, 2.24) is 0 Å². The molecule has 74 heavy (non-hydrogen) atoms. The maximum absolute atomic E-state index is 17.5. The summed E-state index contributed by atoms with van der Waals surface area (Å²) in [7, 11) is -5.08. The van der Waals surface area contributed by atoms with Crippen molar-refractivity contribution < 1.29 is 18.1 Å². The number of hydrogen-bond donors (Lipinski definition) is 0. The Morgan fingerprint density at radius 2 is 0.486 bits per heavy atom. The van der Waals surface area contributed by atoms with E-state index < -0.39 is 59.7 Å². The molecule has 0 amide bonds. The molecule has 0 bridgehead atoms. The van der Waals surface area contributed by atoms with Gasteiger partial charge in [0, 0.05) is 81.2 Å². The molecule has 23 heteroatoms. The van der Waals surface area contributed by atoms with Crippen molar-refractivity contribution in [2.24, 2.45) is 32.5 Å². The van der Waals surface area contributed by atoms with E-state index in [2.05, 4.69) is 388 Å². The van der Waals surface area contributed by atoms with Gasteiger partial charge in [-0.2, -0.15) is 4.57 Å². The first-order valence-corrected chi connectivity index (χ1v) is 40.5. The van der Waals surface area contributed by atoms with Gasteiger partial charge in [0.1, 0.15) is 36.6 Å². The van der Waals surface area contributed by atoms with Gasteiger partial charge in [0.25, 0.3) is 0 Å². The highest BCUT2D eigenvalue weighted by molar-refractivity contribution is 9.26. The number of phosphoric ester groups is 1. The van der Waals surface area contributed by atoms with Gasteiger partial charge in [0.2, 0.25) is 0 Å². The van der Waals surface area contributed by atoms with E-state index in [0.29, 0.717) is 65.4 Å². The zero-order valence-corrected chi connectivity index (χ0v) is 73.0. The number of aryl methyl sites for hydroxylation is 3. The van der Waals surface area contributed by atoms with Crippen molar-refractivity contribution in [2.45, 2.75) is 123 Å². The molecule has 0 aliphatic rings. The predicted octanol–water partition coefficient (Wildman–Crippen LogP) is 26.4. The van der Waals surface area contributed by atoms with Crippen molar-refractivity contribution in [3.8, 4) is 17.2 Å². The second-order valence-electron chi connectivity index (χ2n) is 22.7. The van der Waals surface area contributed by atoms with Crippen molar-refractivity contribution in [2.75, 3.05) is 32.0 Å². The average molecular weight is 2210 g/mol. The Morgan fingerprint density at radius 1 is 0.324 bits per heavy atom. The summed E-state index contributed by atoms with van der Waals surface area (Å²) < 4.78 is 34.1. The highest BCUT2D eigenvalue weighted by atomic mass is 79.9. The third kappa shape index (κ3) is 14.2. The molecule has 3 aromatic carbocycles. The Balaban J connectivity index is 2.95. The standard InChI is InChI=1S/C51H63Br18O4P/c1-28-16-19-31(46(58,59)40(4,5)22-52)34(49(64,65)43(10,11)25-55)37(28)71-74(70,72-38-29(2)17-20-32(47(60,61)41(6,7)23-53)35(38)50(66,67)44(12,13)26-56)73-39-30(3)18-21-33(48(62,63)42(8,9)24-54)36(39)51(68,69)45(14,15)27-57/h16-21H,22-27H2,1-15H3. The smallest absolute Gasteiger partial charge is 0.385 e. The summed E-state index contributed by atoms with van der Waals surface area (Å²) in [5.41, 5.74) is 3.45. The number of phosphoric acid groups is 1. The number of halogens is 18. The Labute approximate surface area is 594 Å². The summed E-state index contributed by atoms with van der Waals surface area (Å²) in [5, 5.41) is 3.50. The highest BCUT2D eigenvalue weighted by Crippen LogP contribution is 2.70. The van der Waals surface area contributed by atoms with Gasteiger partial charge in [-0.05, 0) is 54.2 Å². The van der Waals surface area contributed by atoms with Crippen molar-refractivity contribution in [1.29, 1.82) is 0 Å². The van der Waals surface area contributed by atoms with E-state index in [9.17, 15) is 0 Å². The fourth-order valence-corrected chi connectivity index (χ4v) is 21.7. The topological polar surface area (TPSA) is 44.8 Å². The van der Waals surface area contributed by atoms with Gasteiger partial charge < -0.3 is 13.6 Å². The number of rotatable bonds is 24. The minimum absolute atomic E-state index is 0.286. The second-order valence-corrected chi connectivity index (χ2v) is 48.1. The van der Waals surface area contributed by atoms with E-state index >= 15 is 4.57 Å². The molecule has 0 atom stereocenters. The summed E-state index contributed by atoms with van der Waals surface area (Å²) >= 11 is 73.3. The van der Waals surface area contributed by atoms with Crippen LogP contribution in [-0.2, 0) is 24.0 Å². The normalized spacial score (nSPS) is 14.7. The van der Waals surface area contributed by atoms with Gasteiger partial charge in [0.15, 0.2) is 0 Å². The van der Waals surface area contributed by atoms with Crippen LogP contribution in [0.25, 0.3) is 0 Å². The van der Waals surface area contributed by atoms with Gasteiger partial charge in [-0.15, -0.1) is 0 Å². The van der Waals surface area contributed by atoms with Gasteiger partial charge in [-0.25, -0.2) is 0 Å². The molecule has 4 nitrogen and oxygen atoms in total. The van der Waals surface area contributed by atoms with Gasteiger partial charge >= 0.3 is 7.82 Å². The molecule has 0 saturated heterocycles. The van der Waals surface area contributed by atoms with Crippen LogP contribution >= 0.6 is 295 Å². The first kappa shape index (κ1) is 74.2. The summed E-state index contributed by atoms with van der Waals surface area (Å²) in [6.07, 6.45) is 0. The molecule has 0 heterocycles. The summed E-state index contributed by atoms with van der Waals surface area (Å²) in [4.78, 5) is 0. The first-order valence-electron chi connectivity index (χ1n) is 22.8. The fourth-order valence-electron chi connectivity index (χ4n) is 7.14. The molecule has 0 radical (unpaired) electrons. The van der Waals surface area contributed by atoms with Crippen molar-refractivity contribution >= 4 is 295 Å². The van der Waals surface area contributed by atoms with Crippen LogP contribution in [0.15, 0.2) is 36.4 Å². The maximum Gasteiger partial charge on any atom is 0.647 e. The molecule has 3 aromatic rings. The molecular formula is C51H63Br18O4P. The SMILES string of the molecule is Cc1ccc(C(Br)(Br)C(C)(C)CBr)c(C(Br)(Br)C(C)(C)CBr)c1OP(=O)(Oc1c(C)ccc(C(Br)(Br)C(C)(C)CBr)c1C(Br)(Br)C(C)(C)CBr)Oc1c(C)ccc(C(Br)(Br)C(C)(C)CBr)c1C(Br)(Br)C(C)(C)CBr. The lowest BCUT2D eigenvalue weighted by molar-refractivity contribution is 0.284. The average Bonchev–Trinajstić information content (AvgIpc) is 3.29. The van der Waals surface area contributed by atoms with Crippen LogP contribution in [0.2, 0.25) is 0 Å². The first-order chi connectivity index (χ1) is 33.1. The van der Waals surface area contributed by atoms with Gasteiger partial charge in [-0.3, -0.25) is 0 Å². The van der Waals surface area contributed by atoms with Crippen LogP contribution in [0.3, 0.4) is 0 Å². The van der Waals surface area contributed by atoms with Crippen molar-refractivity contribution in [3.05, 3.63) is 86.5 Å². The second kappa shape index (κ2) is 26.3. The molecule has 0 saturated carbocycles.